The SMILES string of the molecule is COCc1cc2cc(COc3cc(OC)ccc3CC(=O)O)cc(-c3ccnc(CN)c3F)c2o1. The van der Waals surface area contributed by atoms with Crippen LogP contribution in [0.3, 0.4) is 0 Å². The summed E-state index contributed by atoms with van der Waals surface area (Å²) in [7, 11) is 3.08. The number of aromatic nitrogens is 1. The summed E-state index contributed by atoms with van der Waals surface area (Å²) in [5.41, 5.74) is 8.37. The molecule has 0 aliphatic carbocycles. The highest BCUT2D eigenvalue weighted by Crippen LogP contribution is 2.35. The Labute approximate surface area is 201 Å². The van der Waals surface area contributed by atoms with Gasteiger partial charge in [-0.25, -0.2) is 4.39 Å². The fourth-order valence-electron chi connectivity index (χ4n) is 3.87. The zero-order valence-electron chi connectivity index (χ0n) is 19.3. The average Bonchev–Trinajstić information content (AvgIpc) is 3.25. The molecule has 0 spiro atoms. The third kappa shape index (κ3) is 5.26. The molecule has 8 nitrogen and oxygen atoms in total. The van der Waals surface area contributed by atoms with E-state index in [0.29, 0.717) is 39.5 Å². The van der Waals surface area contributed by atoms with E-state index < -0.39 is 11.8 Å². The summed E-state index contributed by atoms with van der Waals surface area (Å²) >= 11 is 0. The van der Waals surface area contributed by atoms with Crippen molar-refractivity contribution < 1.29 is 32.9 Å². The lowest BCUT2D eigenvalue weighted by Gasteiger charge is -2.14. The van der Waals surface area contributed by atoms with E-state index >= 15 is 4.39 Å². The van der Waals surface area contributed by atoms with E-state index in [1.807, 2.05) is 12.1 Å². The van der Waals surface area contributed by atoms with Crippen LogP contribution < -0.4 is 15.2 Å². The number of aliphatic carboxylic acids is 1. The zero-order valence-corrected chi connectivity index (χ0v) is 19.3. The molecular weight excluding hydrogens is 455 g/mol. The Morgan fingerprint density at radius 3 is 2.66 bits per heavy atom. The van der Waals surface area contributed by atoms with Crippen LogP contribution in [-0.4, -0.2) is 30.3 Å². The molecule has 9 heteroatoms. The van der Waals surface area contributed by atoms with Gasteiger partial charge < -0.3 is 29.5 Å². The minimum Gasteiger partial charge on any atom is -0.497 e. The molecule has 0 atom stereocenters. The van der Waals surface area contributed by atoms with E-state index in [2.05, 4.69) is 4.98 Å². The number of nitrogens with two attached hydrogens (primary N) is 1. The van der Waals surface area contributed by atoms with E-state index in [0.717, 1.165) is 10.9 Å². The van der Waals surface area contributed by atoms with Gasteiger partial charge >= 0.3 is 5.97 Å². The number of halogens is 1. The van der Waals surface area contributed by atoms with E-state index in [1.165, 1.54) is 13.3 Å². The number of hydrogen-bond acceptors (Lipinski definition) is 7. The first-order chi connectivity index (χ1) is 16.9. The number of carboxylic acids is 1. The van der Waals surface area contributed by atoms with E-state index in [-0.39, 0.29) is 31.9 Å². The molecular formula is C26H25FN2O6. The zero-order chi connectivity index (χ0) is 24.9. The first-order valence-corrected chi connectivity index (χ1v) is 10.8. The summed E-state index contributed by atoms with van der Waals surface area (Å²) in [5.74, 6) is 0.0257. The predicted octanol–water partition coefficient (Wildman–Crippen LogP) is 4.45. The molecule has 0 aliphatic rings. The second kappa shape index (κ2) is 10.5. The van der Waals surface area contributed by atoms with Gasteiger partial charge in [0, 0.05) is 48.0 Å². The number of ether oxygens (including phenoxy) is 3. The van der Waals surface area contributed by atoms with Gasteiger partial charge in [-0.2, -0.15) is 0 Å². The maximum absolute atomic E-state index is 15.2. The van der Waals surface area contributed by atoms with Crippen molar-refractivity contribution in [3.8, 4) is 22.6 Å². The van der Waals surface area contributed by atoms with Crippen LogP contribution in [-0.2, 0) is 35.7 Å². The van der Waals surface area contributed by atoms with Crippen molar-refractivity contribution in [2.45, 2.75) is 26.2 Å². The van der Waals surface area contributed by atoms with Crippen LogP contribution in [0, 0.1) is 5.82 Å². The monoisotopic (exact) mass is 480 g/mol. The van der Waals surface area contributed by atoms with Crippen molar-refractivity contribution in [1.82, 2.24) is 4.98 Å². The molecule has 0 aliphatic heterocycles. The fourth-order valence-corrected chi connectivity index (χ4v) is 3.87. The van der Waals surface area contributed by atoms with Crippen LogP contribution >= 0.6 is 0 Å². The number of pyridine rings is 1. The Balaban J connectivity index is 1.76. The summed E-state index contributed by atoms with van der Waals surface area (Å²) < 4.78 is 37.6. The Hall–Kier alpha value is -3.95. The number of benzene rings is 2. The van der Waals surface area contributed by atoms with Crippen LogP contribution in [0.5, 0.6) is 11.5 Å². The Morgan fingerprint density at radius 2 is 1.94 bits per heavy atom. The standard InChI is InChI=1S/C26H25FN2O6/c1-32-14-19-9-17-7-15(13-34-23-11-18(33-2)4-3-16(23)10-24(30)31)8-21(26(17)35-19)20-5-6-29-22(12-28)25(20)27/h3-9,11H,10,12-14,28H2,1-2H3,(H,30,31). The van der Waals surface area contributed by atoms with Crippen molar-refractivity contribution in [3.63, 3.8) is 0 Å². The van der Waals surface area contributed by atoms with Crippen LogP contribution in [0.2, 0.25) is 0 Å². The summed E-state index contributed by atoms with van der Waals surface area (Å²) in [6.45, 7) is 0.319. The molecule has 2 heterocycles. The Bertz CT molecular complexity index is 1370. The molecule has 35 heavy (non-hydrogen) atoms. The number of furan rings is 1. The smallest absolute Gasteiger partial charge is 0.307 e. The molecule has 3 N–H and O–H groups in total. The summed E-state index contributed by atoms with van der Waals surface area (Å²) in [6.07, 6.45) is 1.30. The summed E-state index contributed by atoms with van der Waals surface area (Å²) in [5, 5.41) is 9.99. The van der Waals surface area contributed by atoms with Gasteiger partial charge in [0.25, 0.3) is 0 Å². The van der Waals surface area contributed by atoms with E-state index in [4.69, 9.17) is 24.4 Å². The minimum atomic E-state index is -0.975. The molecule has 0 bridgehead atoms. The van der Waals surface area contributed by atoms with Gasteiger partial charge in [0.1, 0.15) is 36.1 Å². The number of carboxylic acid groups (broad SMARTS) is 1. The highest BCUT2D eigenvalue weighted by molar-refractivity contribution is 5.93. The molecule has 0 amide bonds. The van der Waals surface area contributed by atoms with Gasteiger partial charge in [-0.1, -0.05) is 6.07 Å². The largest absolute Gasteiger partial charge is 0.497 e. The van der Waals surface area contributed by atoms with Crippen LogP contribution in [0.25, 0.3) is 22.1 Å². The molecule has 0 fully saturated rings. The lowest BCUT2D eigenvalue weighted by molar-refractivity contribution is -0.136. The second-order valence-electron chi connectivity index (χ2n) is 7.86. The lowest BCUT2D eigenvalue weighted by Crippen LogP contribution is -2.05. The Kier molecular flexibility index (Phi) is 7.28. The van der Waals surface area contributed by atoms with Crippen molar-refractivity contribution >= 4 is 16.9 Å². The normalized spacial score (nSPS) is 11.1. The third-order valence-electron chi connectivity index (χ3n) is 5.47. The van der Waals surface area contributed by atoms with Gasteiger partial charge in [-0.3, -0.25) is 9.78 Å². The average molecular weight is 480 g/mol. The first-order valence-electron chi connectivity index (χ1n) is 10.8. The second-order valence-corrected chi connectivity index (χ2v) is 7.86. The number of hydrogen-bond donors (Lipinski definition) is 2. The molecule has 2 aromatic carbocycles. The molecule has 4 rings (SSSR count). The van der Waals surface area contributed by atoms with Crippen LogP contribution in [0.1, 0.15) is 22.6 Å². The molecule has 0 saturated heterocycles. The van der Waals surface area contributed by atoms with Crippen LogP contribution in [0.15, 0.2) is 53.1 Å². The number of methoxy groups -OCH3 is 2. The molecule has 2 aromatic heterocycles. The Morgan fingerprint density at radius 1 is 1.11 bits per heavy atom. The summed E-state index contributed by atoms with van der Waals surface area (Å²) in [4.78, 5) is 15.3. The minimum absolute atomic E-state index is 0.0408. The topological polar surface area (TPSA) is 117 Å². The van der Waals surface area contributed by atoms with Crippen molar-refractivity contribution in [2.75, 3.05) is 14.2 Å². The number of rotatable bonds is 10. The predicted molar refractivity (Wildman–Crippen MR) is 127 cm³/mol. The maximum Gasteiger partial charge on any atom is 0.307 e. The molecule has 0 radical (unpaired) electrons. The molecule has 4 aromatic rings. The fraction of sp³-hybridized carbons (Fsp3) is 0.231. The van der Waals surface area contributed by atoms with E-state index in [9.17, 15) is 9.90 Å². The molecule has 182 valence electrons. The highest BCUT2D eigenvalue weighted by Gasteiger charge is 2.18. The van der Waals surface area contributed by atoms with Crippen molar-refractivity contribution in [1.29, 1.82) is 0 Å². The maximum atomic E-state index is 15.2. The van der Waals surface area contributed by atoms with Gasteiger partial charge in [0.15, 0.2) is 5.82 Å². The van der Waals surface area contributed by atoms with Gasteiger partial charge in [-0.05, 0) is 35.9 Å². The quantitative estimate of drug-likeness (QED) is 0.342. The van der Waals surface area contributed by atoms with Crippen LogP contribution in [0.4, 0.5) is 4.39 Å². The number of fused-ring (bicyclic) bond motifs is 1. The molecule has 0 saturated carbocycles. The number of carbonyl (C=O) groups is 1. The lowest BCUT2D eigenvalue weighted by atomic mass is 10.00. The van der Waals surface area contributed by atoms with Gasteiger partial charge in [-0.15, -0.1) is 0 Å². The summed E-state index contributed by atoms with van der Waals surface area (Å²) in [6, 6.07) is 12.0. The van der Waals surface area contributed by atoms with E-state index in [1.54, 1.807) is 37.4 Å². The number of nitrogens with zero attached hydrogens (tertiary/aromatic N) is 1. The third-order valence-corrected chi connectivity index (χ3v) is 5.47. The first kappa shape index (κ1) is 24.2. The van der Waals surface area contributed by atoms with Gasteiger partial charge in [0.05, 0.1) is 19.2 Å². The highest BCUT2D eigenvalue weighted by atomic mass is 19.1. The van der Waals surface area contributed by atoms with Crippen molar-refractivity contribution in [2.24, 2.45) is 5.73 Å². The van der Waals surface area contributed by atoms with Crippen molar-refractivity contribution in [3.05, 3.63) is 77.1 Å². The van der Waals surface area contributed by atoms with Gasteiger partial charge in [0.2, 0.25) is 0 Å². The molecule has 0 unspecified atom stereocenters.